The molecular formula is C21H20F3N3O2S. The third-order valence-corrected chi connectivity index (χ3v) is 6.82. The van der Waals surface area contributed by atoms with E-state index in [1.54, 1.807) is 6.07 Å². The second-order valence-corrected chi connectivity index (χ2v) is 8.41. The lowest BCUT2D eigenvalue weighted by molar-refractivity contribution is -0.137. The molecule has 0 aliphatic carbocycles. The molecule has 0 radical (unpaired) electrons. The summed E-state index contributed by atoms with van der Waals surface area (Å²) in [7, 11) is 0. The zero-order chi connectivity index (χ0) is 21.5. The van der Waals surface area contributed by atoms with E-state index in [0.717, 1.165) is 17.7 Å². The van der Waals surface area contributed by atoms with Crippen LogP contribution in [0.4, 0.5) is 13.2 Å². The van der Waals surface area contributed by atoms with E-state index >= 15 is 0 Å². The topological polar surface area (TPSA) is 67.9 Å². The average Bonchev–Trinajstić information content (AvgIpc) is 3.12. The number of benzene rings is 2. The first-order valence-corrected chi connectivity index (χ1v) is 10.3. The molecule has 2 atom stereocenters. The number of nitrogens with two attached hydrogens (primary N) is 1. The highest BCUT2D eigenvalue weighted by Gasteiger charge is 2.56. The number of carbonyl (C=O) groups excluding carboxylic acids is 1. The molecule has 1 unspecified atom stereocenters. The van der Waals surface area contributed by atoms with Gasteiger partial charge in [-0.25, -0.2) is 5.01 Å². The van der Waals surface area contributed by atoms with Gasteiger partial charge in [-0.1, -0.05) is 42.1 Å². The Morgan fingerprint density at radius 1 is 1.30 bits per heavy atom. The number of carbonyl (C=O) groups is 1. The van der Waals surface area contributed by atoms with Crippen molar-refractivity contribution >= 4 is 22.7 Å². The Labute approximate surface area is 176 Å². The third kappa shape index (κ3) is 3.35. The number of halogens is 3. The van der Waals surface area contributed by atoms with Crippen molar-refractivity contribution in [3.05, 3.63) is 65.2 Å². The van der Waals surface area contributed by atoms with Crippen LogP contribution in [-0.2, 0) is 15.8 Å². The maximum Gasteiger partial charge on any atom is 0.416 e. The van der Waals surface area contributed by atoms with E-state index in [0.29, 0.717) is 35.9 Å². The predicted octanol–water partition coefficient (Wildman–Crippen LogP) is 4.17. The van der Waals surface area contributed by atoms with Gasteiger partial charge in [0, 0.05) is 24.0 Å². The van der Waals surface area contributed by atoms with Crippen LogP contribution < -0.4 is 10.5 Å². The van der Waals surface area contributed by atoms with Gasteiger partial charge in [-0.05, 0) is 31.2 Å². The van der Waals surface area contributed by atoms with Gasteiger partial charge in [-0.15, -0.1) is 0 Å². The number of hydrogen-bond donors (Lipinski definition) is 1. The Morgan fingerprint density at radius 2 is 2.07 bits per heavy atom. The van der Waals surface area contributed by atoms with Crippen molar-refractivity contribution in [3.63, 3.8) is 0 Å². The average molecular weight is 435 g/mol. The van der Waals surface area contributed by atoms with Crippen LogP contribution in [0.25, 0.3) is 0 Å². The van der Waals surface area contributed by atoms with Crippen LogP contribution in [0, 0.1) is 5.92 Å². The van der Waals surface area contributed by atoms with Gasteiger partial charge in [0.2, 0.25) is 5.91 Å². The second-order valence-electron chi connectivity index (χ2n) is 7.19. The van der Waals surface area contributed by atoms with Crippen molar-refractivity contribution in [3.8, 4) is 5.75 Å². The summed E-state index contributed by atoms with van der Waals surface area (Å²) in [5.41, 5.74) is 6.15. The van der Waals surface area contributed by atoms with Crippen molar-refractivity contribution in [2.45, 2.75) is 24.4 Å². The molecule has 2 heterocycles. The van der Waals surface area contributed by atoms with E-state index in [1.807, 2.05) is 24.3 Å². The molecule has 0 saturated carbocycles. The van der Waals surface area contributed by atoms with Crippen molar-refractivity contribution in [1.82, 2.24) is 5.01 Å². The number of rotatable bonds is 3. The summed E-state index contributed by atoms with van der Waals surface area (Å²) in [6.07, 6.45) is -3.90. The highest BCUT2D eigenvalue weighted by Crippen LogP contribution is 2.57. The summed E-state index contributed by atoms with van der Waals surface area (Å²) in [6.45, 7) is 2.11. The number of nitrogens with zero attached hydrogens (tertiary/aromatic N) is 2. The monoisotopic (exact) mass is 435 g/mol. The Balaban J connectivity index is 1.85. The highest BCUT2D eigenvalue weighted by molar-refractivity contribution is 8.15. The minimum atomic E-state index is -4.47. The molecular weight excluding hydrogens is 415 g/mol. The fourth-order valence-electron chi connectivity index (χ4n) is 3.94. The quantitative estimate of drug-likeness (QED) is 0.786. The lowest BCUT2D eigenvalue weighted by atomic mass is 9.86. The molecule has 158 valence electrons. The van der Waals surface area contributed by atoms with Gasteiger partial charge in [0.1, 0.15) is 10.8 Å². The van der Waals surface area contributed by atoms with Crippen molar-refractivity contribution in [2.75, 3.05) is 13.2 Å². The minimum Gasteiger partial charge on any atom is -0.493 e. The molecule has 2 aromatic carbocycles. The zero-order valence-electron chi connectivity index (χ0n) is 16.1. The largest absolute Gasteiger partial charge is 0.493 e. The first kappa shape index (κ1) is 20.7. The molecule has 2 N–H and O–H groups in total. The predicted molar refractivity (Wildman–Crippen MR) is 109 cm³/mol. The van der Waals surface area contributed by atoms with Crippen LogP contribution in [0.15, 0.2) is 53.6 Å². The molecule has 0 aromatic heterocycles. The number of amides is 1. The molecule has 9 heteroatoms. The Morgan fingerprint density at radius 3 is 2.77 bits per heavy atom. The lowest BCUT2D eigenvalue weighted by Gasteiger charge is -2.45. The van der Waals surface area contributed by atoms with Gasteiger partial charge in [0.05, 0.1) is 12.2 Å². The molecule has 4 rings (SSSR count). The summed E-state index contributed by atoms with van der Waals surface area (Å²) >= 11 is 1.29. The molecule has 0 fully saturated rings. The molecule has 5 nitrogen and oxygen atoms in total. The standard InChI is InChI=1S/C21H20F3N3O2S/c1-13(28)27-20(16(9-10-25)12-29-18-8-3-2-7-17(18)20)30-19(26-27)14-5-4-6-15(11-14)21(22,23)24/h2-8,11,16H,9-10,12,25H2,1H3/t16-,20?/m0/s1. The van der Waals surface area contributed by atoms with Gasteiger partial charge >= 0.3 is 6.18 Å². The summed E-state index contributed by atoms with van der Waals surface area (Å²) in [4.78, 5) is 11.7. The summed E-state index contributed by atoms with van der Waals surface area (Å²) in [5.74, 6) is 0.145. The van der Waals surface area contributed by atoms with E-state index in [-0.39, 0.29) is 11.8 Å². The van der Waals surface area contributed by atoms with Gasteiger partial charge in [0.25, 0.3) is 0 Å². The second kappa shape index (κ2) is 7.63. The van der Waals surface area contributed by atoms with Crippen LogP contribution in [0.1, 0.15) is 30.0 Å². The third-order valence-electron chi connectivity index (χ3n) is 5.27. The maximum atomic E-state index is 13.2. The molecule has 2 aliphatic heterocycles. The van der Waals surface area contributed by atoms with Gasteiger partial charge < -0.3 is 10.5 Å². The van der Waals surface area contributed by atoms with E-state index in [4.69, 9.17) is 10.5 Å². The number of thioether (sulfide) groups is 1. The maximum absolute atomic E-state index is 13.2. The number of fused-ring (bicyclic) bond motifs is 2. The Kier molecular flexibility index (Phi) is 5.27. The van der Waals surface area contributed by atoms with Crippen LogP contribution in [0.3, 0.4) is 0 Å². The number of para-hydroxylation sites is 1. The fraction of sp³-hybridized carbons (Fsp3) is 0.333. The fourth-order valence-corrected chi connectivity index (χ4v) is 5.49. The molecule has 1 spiro atoms. The smallest absolute Gasteiger partial charge is 0.416 e. The molecule has 0 saturated heterocycles. The summed E-state index contributed by atoms with van der Waals surface area (Å²) < 4.78 is 45.6. The summed E-state index contributed by atoms with van der Waals surface area (Å²) in [6, 6.07) is 12.4. The molecule has 1 amide bonds. The molecule has 30 heavy (non-hydrogen) atoms. The first-order valence-electron chi connectivity index (χ1n) is 9.46. The van der Waals surface area contributed by atoms with Crippen LogP contribution in [0.2, 0.25) is 0 Å². The van der Waals surface area contributed by atoms with Crippen LogP contribution in [-0.4, -0.2) is 29.1 Å². The van der Waals surface area contributed by atoms with Crippen molar-refractivity contribution in [2.24, 2.45) is 16.8 Å². The minimum absolute atomic E-state index is 0.182. The van der Waals surface area contributed by atoms with E-state index in [2.05, 4.69) is 5.10 Å². The lowest BCUT2D eigenvalue weighted by Crippen LogP contribution is -2.51. The molecule has 2 aromatic rings. The van der Waals surface area contributed by atoms with E-state index < -0.39 is 16.6 Å². The normalized spacial score (nSPS) is 23.2. The molecule has 2 aliphatic rings. The number of hydrogen-bond acceptors (Lipinski definition) is 5. The number of alkyl halides is 3. The Bertz CT molecular complexity index is 1010. The van der Waals surface area contributed by atoms with Crippen molar-refractivity contribution < 1.29 is 22.7 Å². The Hall–Kier alpha value is -2.52. The van der Waals surface area contributed by atoms with Gasteiger partial charge in [0.15, 0.2) is 4.87 Å². The van der Waals surface area contributed by atoms with Gasteiger partial charge in [-0.3, -0.25) is 4.79 Å². The van der Waals surface area contributed by atoms with Crippen molar-refractivity contribution in [1.29, 1.82) is 0 Å². The first-order chi connectivity index (χ1) is 14.3. The van der Waals surface area contributed by atoms with E-state index in [1.165, 1.54) is 29.8 Å². The summed E-state index contributed by atoms with van der Waals surface area (Å²) in [5, 5.41) is 6.23. The number of ether oxygens (including phenoxy) is 1. The van der Waals surface area contributed by atoms with Gasteiger partial charge in [-0.2, -0.15) is 18.3 Å². The highest BCUT2D eigenvalue weighted by atomic mass is 32.2. The van der Waals surface area contributed by atoms with Crippen LogP contribution >= 0.6 is 11.8 Å². The SMILES string of the molecule is CC(=O)N1N=C(c2cccc(C(F)(F)F)c2)SC12c1ccccc1OC[C@@H]2CCN. The van der Waals surface area contributed by atoms with E-state index in [9.17, 15) is 18.0 Å². The zero-order valence-corrected chi connectivity index (χ0v) is 17.0. The van der Waals surface area contributed by atoms with Crippen LogP contribution in [0.5, 0.6) is 5.75 Å². The number of hydrazone groups is 1. The molecule has 0 bridgehead atoms.